The first-order chi connectivity index (χ1) is 10.6. The number of hydrogen-bond donors (Lipinski definition) is 1. The van der Waals surface area contributed by atoms with Gasteiger partial charge < -0.3 is 10.1 Å². The predicted molar refractivity (Wildman–Crippen MR) is 84.8 cm³/mol. The first-order valence-electron chi connectivity index (χ1n) is 6.80. The Hall–Kier alpha value is -2.33. The maximum atomic E-state index is 11.9. The molecule has 0 aliphatic carbocycles. The van der Waals surface area contributed by atoms with Gasteiger partial charge in [-0.3, -0.25) is 4.79 Å². The maximum absolute atomic E-state index is 11.9. The summed E-state index contributed by atoms with van der Waals surface area (Å²) in [5.74, 6) is -0.863. The lowest BCUT2D eigenvalue weighted by molar-refractivity contribution is -0.124. The van der Waals surface area contributed by atoms with Crippen molar-refractivity contribution >= 4 is 23.5 Å². The molecule has 0 saturated carbocycles. The van der Waals surface area contributed by atoms with Gasteiger partial charge in [-0.15, -0.1) is 0 Å². The number of nitrogens with one attached hydrogen (secondary N) is 1. The molecule has 0 radical (unpaired) electrons. The average molecular weight is 318 g/mol. The van der Waals surface area contributed by atoms with Gasteiger partial charge >= 0.3 is 5.97 Å². The number of aryl methyl sites for hydroxylation is 1. The Balaban J connectivity index is 1.81. The Morgan fingerprint density at radius 1 is 1.14 bits per heavy atom. The minimum Gasteiger partial charge on any atom is -0.452 e. The molecule has 0 fully saturated rings. The van der Waals surface area contributed by atoms with Crippen LogP contribution in [0.1, 0.15) is 21.5 Å². The minimum absolute atomic E-state index is 0.312. The van der Waals surface area contributed by atoms with Crippen LogP contribution in [-0.2, 0) is 16.1 Å². The highest BCUT2D eigenvalue weighted by atomic mass is 35.5. The number of esters is 1. The molecular formula is C17H16ClNO3. The smallest absolute Gasteiger partial charge is 0.338 e. The van der Waals surface area contributed by atoms with Crippen LogP contribution in [0.25, 0.3) is 0 Å². The zero-order valence-corrected chi connectivity index (χ0v) is 12.9. The van der Waals surface area contributed by atoms with Crippen LogP contribution in [0.15, 0.2) is 48.5 Å². The first-order valence-corrected chi connectivity index (χ1v) is 7.18. The molecule has 0 aromatic heterocycles. The number of amides is 1. The number of halogens is 1. The molecule has 0 aliphatic rings. The second-order valence-electron chi connectivity index (χ2n) is 4.80. The van der Waals surface area contributed by atoms with E-state index < -0.39 is 5.97 Å². The number of carbonyl (C=O) groups is 2. The monoisotopic (exact) mass is 317 g/mol. The van der Waals surface area contributed by atoms with Gasteiger partial charge in [-0.2, -0.15) is 0 Å². The molecule has 0 saturated heterocycles. The van der Waals surface area contributed by atoms with E-state index in [-0.39, 0.29) is 12.5 Å². The molecule has 22 heavy (non-hydrogen) atoms. The molecule has 0 atom stereocenters. The van der Waals surface area contributed by atoms with Gasteiger partial charge in [0.15, 0.2) is 6.61 Å². The number of ether oxygens (including phenoxy) is 1. The Kier molecular flexibility index (Phi) is 5.55. The third-order valence-corrected chi connectivity index (χ3v) is 3.31. The molecular weight excluding hydrogens is 302 g/mol. The largest absolute Gasteiger partial charge is 0.452 e. The van der Waals surface area contributed by atoms with Crippen molar-refractivity contribution in [3.05, 3.63) is 70.2 Å². The summed E-state index contributed by atoms with van der Waals surface area (Å²) < 4.78 is 5.01. The fourth-order valence-electron chi connectivity index (χ4n) is 1.91. The van der Waals surface area contributed by atoms with Gasteiger partial charge in [0.05, 0.1) is 5.56 Å². The number of hydrogen-bond acceptors (Lipinski definition) is 3. The molecule has 4 nitrogen and oxygen atoms in total. The number of carbonyl (C=O) groups excluding carboxylic acids is 2. The predicted octanol–water partition coefficient (Wildman–Crippen LogP) is 3.12. The van der Waals surface area contributed by atoms with Crippen molar-refractivity contribution in [3.63, 3.8) is 0 Å². The number of rotatable bonds is 5. The fourth-order valence-corrected chi connectivity index (χ4v) is 2.12. The molecule has 2 rings (SSSR count). The second-order valence-corrected chi connectivity index (χ2v) is 5.23. The summed E-state index contributed by atoms with van der Waals surface area (Å²) in [6.07, 6.45) is 0. The Labute approximate surface area is 134 Å². The molecule has 0 heterocycles. The van der Waals surface area contributed by atoms with Crippen LogP contribution in [0.5, 0.6) is 0 Å². The summed E-state index contributed by atoms with van der Waals surface area (Å²) in [5.41, 5.74) is 2.16. The normalized spacial score (nSPS) is 10.1. The van der Waals surface area contributed by atoms with Crippen molar-refractivity contribution < 1.29 is 14.3 Å². The maximum Gasteiger partial charge on any atom is 0.338 e. The van der Waals surface area contributed by atoms with Gasteiger partial charge in [-0.25, -0.2) is 4.79 Å². The van der Waals surface area contributed by atoms with E-state index in [9.17, 15) is 9.59 Å². The van der Waals surface area contributed by atoms with Crippen LogP contribution in [-0.4, -0.2) is 18.5 Å². The quantitative estimate of drug-likeness (QED) is 0.862. The van der Waals surface area contributed by atoms with Crippen LogP contribution in [0.3, 0.4) is 0 Å². The molecule has 0 spiro atoms. The van der Waals surface area contributed by atoms with Crippen LogP contribution < -0.4 is 5.32 Å². The molecule has 0 unspecified atom stereocenters. The van der Waals surface area contributed by atoms with E-state index >= 15 is 0 Å². The van der Waals surface area contributed by atoms with Gasteiger partial charge in [0.1, 0.15) is 0 Å². The Morgan fingerprint density at radius 2 is 1.91 bits per heavy atom. The minimum atomic E-state index is -0.504. The van der Waals surface area contributed by atoms with Crippen LogP contribution in [0, 0.1) is 6.92 Å². The Morgan fingerprint density at radius 3 is 2.64 bits per heavy atom. The Bertz CT molecular complexity index is 685. The summed E-state index contributed by atoms with van der Waals surface area (Å²) in [6.45, 7) is 1.84. The third kappa shape index (κ3) is 4.60. The highest BCUT2D eigenvalue weighted by Crippen LogP contribution is 2.10. The topological polar surface area (TPSA) is 55.4 Å². The highest BCUT2D eigenvalue weighted by molar-refractivity contribution is 6.30. The standard InChI is InChI=1S/C17H16ClNO3/c1-12-5-2-3-8-15(12)17(21)22-11-16(20)19-10-13-6-4-7-14(18)9-13/h2-9H,10-11H2,1H3,(H,19,20). The fraction of sp³-hybridized carbons (Fsp3) is 0.176. The van der Waals surface area contributed by atoms with E-state index in [0.717, 1.165) is 11.1 Å². The van der Waals surface area contributed by atoms with Gasteiger partial charge in [0.2, 0.25) is 0 Å². The van der Waals surface area contributed by atoms with E-state index in [1.807, 2.05) is 31.2 Å². The molecule has 0 aliphatic heterocycles. The zero-order valence-electron chi connectivity index (χ0n) is 12.1. The molecule has 114 valence electrons. The molecule has 2 aromatic rings. The highest BCUT2D eigenvalue weighted by Gasteiger charge is 2.11. The summed E-state index contributed by atoms with van der Waals surface area (Å²) in [7, 11) is 0. The first kappa shape index (κ1) is 16.0. The van der Waals surface area contributed by atoms with Crippen molar-refractivity contribution in [1.82, 2.24) is 5.32 Å². The van der Waals surface area contributed by atoms with Gasteiger partial charge in [-0.1, -0.05) is 41.9 Å². The van der Waals surface area contributed by atoms with E-state index in [2.05, 4.69) is 5.32 Å². The zero-order chi connectivity index (χ0) is 15.9. The van der Waals surface area contributed by atoms with Crippen LogP contribution in [0.2, 0.25) is 5.02 Å². The third-order valence-electron chi connectivity index (χ3n) is 3.08. The van der Waals surface area contributed by atoms with Crippen molar-refractivity contribution in [2.45, 2.75) is 13.5 Å². The lowest BCUT2D eigenvalue weighted by Crippen LogP contribution is -2.28. The molecule has 1 N–H and O–H groups in total. The van der Waals surface area contributed by atoms with E-state index in [1.165, 1.54) is 0 Å². The molecule has 5 heteroatoms. The average Bonchev–Trinajstić information content (AvgIpc) is 2.51. The van der Waals surface area contributed by atoms with Crippen molar-refractivity contribution in [2.24, 2.45) is 0 Å². The van der Waals surface area contributed by atoms with Gasteiger partial charge in [0.25, 0.3) is 5.91 Å². The van der Waals surface area contributed by atoms with E-state index in [4.69, 9.17) is 16.3 Å². The van der Waals surface area contributed by atoms with Crippen LogP contribution in [0.4, 0.5) is 0 Å². The van der Waals surface area contributed by atoms with E-state index in [1.54, 1.807) is 24.3 Å². The summed E-state index contributed by atoms with van der Waals surface area (Å²) in [4.78, 5) is 23.6. The lowest BCUT2D eigenvalue weighted by atomic mass is 10.1. The SMILES string of the molecule is Cc1ccccc1C(=O)OCC(=O)NCc1cccc(Cl)c1. The molecule has 2 aromatic carbocycles. The second kappa shape index (κ2) is 7.61. The van der Waals surface area contributed by atoms with Crippen molar-refractivity contribution in [2.75, 3.05) is 6.61 Å². The summed E-state index contributed by atoms with van der Waals surface area (Å²) in [5, 5.41) is 3.28. The van der Waals surface area contributed by atoms with Gasteiger partial charge in [0, 0.05) is 11.6 Å². The molecule has 1 amide bonds. The summed E-state index contributed by atoms with van der Waals surface area (Å²) in [6, 6.07) is 14.3. The number of benzene rings is 2. The van der Waals surface area contributed by atoms with Crippen LogP contribution >= 0.6 is 11.6 Å². The molecule has 0 bridgehead atoms. The lowest BCUT2D eigenvalue weighted by Gasteiger charge is -2.08. The van der Waals surface area contributed by atoms with E-state index in [0.29, 0.717) is 17.1 Å². The van der Waals surface area contributed by atoms with Crippen molar-refractivity contribution in [1.29, 1.82) is 0 Å². The summed E-state index contributed by atoms with van der Waals surface area (Å²) >= 11 is 5.86. The van der Waals surface area contributed by atoms with Gasteiger partial charge in [-0.05, 0) is 36.2 Å². The van der Waals surface area contributed by atoms with Crippen molar-refractivity contribution in [3.8, 4) is 0 Å².